The Bertz CT molecular complexity index is 719. The molecule has 0 spiro atoms. The van der Waals surface area contributed by atoms with Gasteiger partial charge in [0.2, 0.25) is 0 Å². The zero-order valence-electron chi connectivity index (χ0n) is 12.9. The summed E-state index contributed by atoms with van der Waals surface area (Å²) in [5.41, 5.74) is 3.58. The molecule has 1 aromatic carbocycles. The van der Waals surface area contributed by atoms with Gasteiger partial charge in [0.1, 0.15) is 0 Å². The van der Waals surface area contributed by atoms with Crippen molar-refractivity contribution in [1.82, 2.24) is 9.97 Å². The van der Waals surface area contributed by atoms with Crippen LogP contribution in [0.3, 0.4) is 0 Å². The van der Waals surface area contributed by atoms with Gasteiger partial charge in [0, 0.05) is 17.1 Å². The SMILES string of the molecule is CC1=NN(c2nc(C)cc(C)n2)C(=O)[C@H]1Cc1ccccc1. The Morgan fingerprint density at radius 1 is 1.05 bits per heavy atom. The van der Waals surface area contributed by atoms with Gasteiger partial charge in [-0.3, -0.25) is 4.79 Å². The van der Waals surface area contributed by atoms with E-state index in [-0.39, 0.29) is 11.8 Å². The van der Waals surface area contributed by atoms with E-state index >= 15 is 0 Å². The van der Waals surface area contributed by atoms with Gasteiger partial charge in [0.15, 0.2) is 0 Å². The molecule has 0 fully saturated rings. The Morgan fingerprint density at radius 2 is 1.68 bits per heavy atom. The van der Waals surface area contributed by atoms with E-state index in [9.17, 15) is 4.79 Å². The topological polar surface area (TPSA) is 58.5 Å². The van der Waals surface area contributed by atoms with Crippen LogP contribution < -0.4 is 5.01 Å². The van der Waals surface area contributed by atoms with Crippen molar-refractivity contribution in [3.05, 3.63) is 53.3 Å². The number of hydrogen-bond donors (Lipinski definition) is 0. The molecule has 2 aromatic rings. The summed E-state index contributed by atoms with van der Waals surface area (Å²) in [6.07, 6.45) is 0.649. The van der Waals surface area contributed by atoms with Gasteiger partial charge < -0.3 is 0 Å². The number of rotatable bonds is 3. The summed E-state index contributed by atoms with van der Waals surface area (Å²) in [7, 11) is 0. The molecule has 0 N–H and O–H groups in total. The fourth-order valence-electron chi connectivity index (χ4n) is 2.63. The van der Waals surface area contributed by atoms with Crippen LogP contribution in [0.4, 0.5) is 5.95 Å². The number of hydrazone groups is 1. The standard InChI is InChI=1S/C17H18N4O/c1-11-9-12(2)19-17(18-11)21-16(22)15(13(3)20-21)10-14-7-5-4-6-8-14/h4-9,15H,10H2,1-3H3/t15-/m0/s1. The molecule has 22 heavy (non-hydrogen) atoms. The van der Waals surface area contributed by atoms with Crippen LogP contribution in [-0.4, -0.2) is 21.6 Å². The highest BCUT2D eigenvalue weighted by Crippen LogP contribution is 2.24. The van der Waals surface area contributed by atoms with Gasteiger partial charge in [-0.2, -0.15) is 10.1 Å². The van der Waals surface area contributed by atoms with E-state index in [0.29, 0.717) is 12.4 Å². The Labute approximate surface area is 129 Å². The third-order valence-electron chi connectivity index (χ3n) is 3.71. The fraction of sp³-hybridized carbons (Fsp3) is 0.294. The average molecular weight is 294 g/mol. The molecule has 112 valence electrons. The highest BCUT2D eigenvalue weighted by Gasteiger charge is 2.35. The van der Waals surface area contributed by atoms with E-state index < -0.39 is 0 Å². The van der Waals surface area contributed by atoms with Crippen molar-refractivity contribution in [2.45, 2.75) is 27.2 Å². The summed E-state index contributed by atoms with van der Waals surface area (Å²) in [6.45, 7) is 5.65. The van der Waals surface area contributed by atoms with E-state index in [4.69, 9.17) is 0 Å². The van der Waals surface area contributed by atoms with Gasteiger partial charge >= 0.3 is 0 Å². The molecular weight excluding hydrogens is 276 g/mol. The van der Waals surface area contributed by atoms with Crippen molar-refractivity contribution in [1.29, 1.82) is 0 Å². The van der Waals surface area contributed by atoms with Crippen LogP contribution in [0.5, 0.6) is 0 Å². The summed E-state index contributed by atoms with van der Waals surface area (Å²) in [5.74, 6) is 0.0515. The maximum absolute atomic E-state index is 12.7. The first kappa shape index (κ1) is 14.4. The lowest BCUT2D eigenvalue weighted by Gasteiger charge is -2.13. The summed E-state index contributed by atoms with van der Waals surface area (Å²) in [4.78, 5) is 21.3. The number of benzene rings is 1. The fourth-order valence-corrected chi connectivity index (χ4v) is 2.63. The molecule has 3 rings (SSSR count). The Hall–Kier alpha value is -2.56. The smallest absolute Gasteiger partial charge is 0.259 e. The predicted molar refractivity (Wildman–Crippen MR) is 85.7 cm³/mol. The molecule has 1 aromatic heterocycles. The lowest BCUT2D eigenvalue weighted by Crippen LogP contribution is -2.29. The summed E-state index contributed by atoms with van der Waals surface area (Å²) >= 11 is 0. The van der Waals surface area contributed by atoms with Gasteiger partial charge in [0.05, 0.1) is 5.92 Å². The number of carbonyl (C=O) groups is 1. The molecule has 1 atom stereocenters. The molecule has 1 amide bonds. The largest absolute Gasteiger partial charge is 0.272 e. The predicted octanol–water partition coefficient (Wildman–Crippen LogP) is 2.67. The first-order valence-electron chi connectivity index (χ1n) is 7.30. The van der Waals surface area contributed by atoms with E-state index in [1.54, 1.807) is 0 Å². The number of carbonyl (C=O) groups excluding carboxylic acids is 1. The molecular formula is C17H18N4O. The monoisotopic (exact) mass is 294 g/mol. The quantitative estimate of drug-likeness (QED) is 0.874. The van der Waals surface area contributed by atoms with Crippen LogP contribution in [0.25, 0.3) is 0 Å². The molecule has 0 saturated carbocycles. The lowest BCUT2D eigenvalue weighted by molar-refractivity contribution is -0.119. The van der Waals surface area contributed by atoms with Gasteiger partial charge in [0.25, 0.3) is 11.9 Å². The van der Waals surface area contributed by atoms with Gasteiger partial charge in [-0.1, -0.05) is 30.3 Å². The highest BCUT2D eigenvalue weighted by atomic mass is 16.2. The van der Waals surface area contributed by atoms with Crippen LogP contribution in [0, 0.1) is 19.8 Å². The normalized spacial score (nSPS) is 17.8. The molecule has 0 bridgehead atoms. The molecule has 0 radical (unpaired) electrons. The Kier molecular flexibility index (Phi) is 3.71. The molecule has 2 heterocycles. The van der Waals surface area contributed by atoms with E-state index in [2.05, 4.69) is 15.1 Å². The minimum atomic E-state index is -0.244. The van der Waals surface area contributed by atoms with Crippen molar-refractivity contribution < 1.29 is 4.79 Å². The third kappa shape index (κ3) is 2.74. The van der Waals surface area contributed by atoms with Crippen LogP contribution in [-0.2, 0) is 11.2 Å². The molecule has 5 heteroatoms. The van der Waals surface area contributed by atoms with Crippen molar-refractivity contribution >= 4 is 17.6 Å². The summed E-state index contributed by atoms with van der Waals surface area (Å²) in [6, 6.07) is 11.9. The van der Waals surface area contributed by atoms with Crippen molar-refractivity contribution in [2.75, 3.05) is 5.01 Å². The van der Waals surface area contributed by atoms with E-state index in [0.717, 1.165) is 22.7 Å². The van der Waals surface area contributed by atoms with Crippen LogP contribution >= 0.6 is 0 Å². The molecule has 1 aliphatic rings. The molecule has 0 aliphatic carbocycles. The minimum absolute atomic E-state index is 0.0636. The number of amides is 1. The maximum atomic E-state index is 12.7. The third-order valence-corrected chi connectivity index (χ3v) is 3.71. The Balaban J connectivity index is 1.86. The van der Waals surface area contributed by atoms with Gasteiger partial charge in [-0.15, -0.1) is 0 Å². The second-order valence-electron chi connectivity index (χ2n) is 5.58. The number of aryl methyl sites for hydroxylation is 2. The van der Waals surface area contributed by atoms with Crippen molar-refractivity contribution in [3.63, 3.8) is 0 Å². The van der Waals surface area contributed by atoms with Crippen LogP contribution in [0.15, 0.2) is 41.5 Å². The first-order valence-corrected chi connectivity index (χ1v) is 7.30. The number of aromatic nitrogens is 2. The van der Waals surface area contributed by atoms with Gasteiger partial charge in [-0.05, 0) is 38.8 Å². The second kappa shape index (κ2) is 5.67. The lowest BCUT2D eigenvalue weighted by atomic mass is 9.95. The zero-order chi connectivity index (χ0) is 15.7. The minimum Gasteiger partial charge on any atom is -0.272 e. The summed E-state index contributed by atoms with van der Waals surface area (Å²) < 4.78 is 0. The second-order valence-corrected chi connectivity index (χ2v) is 5.58. The van der Waals surface area contributed by atoms with Crippen LogP contribution in [0.2, 0.25) is 0 Å². The number of nitrogens with zero attached hydrogens (tertiary/aromatic N) is 4. The molecule has 5 nitrogen and oxygen atoms in total. The molecule has 0 unspecified atom stereocenters. The maximum Gasteiger partial charge on any atom is 0.259 e. The zero-order valence-corrected chi connectivity index (χ0v) is 12.9. The van der Waals surface area contributed by atoms with Gasteiger partial charge in [-0.25, -0.2) is 9.97 Å². The number of anilines is 1. The highest BCUT2D eigenvalue weighted by molar-refractivity contribution is 6.14. The van der Waals surface area contributed by atoms with E-state index in [1.165, 1.54) is 5.01 Å². The molecule has 1 aliphatic heterocycles. The number of hydrogen-bond acceptors (Lipinski definition) is 4. The van der Waals surface area contributed by atoms with Crippen LogP contribution in [0.1, 0.15) is 23.9 Å². The first-order chi connectivity index (χ1) is 10.5. The molecule has 0 saturated heterocycles. The van der Waals surface area contributed by atoms with E-state index in [1.807, 2.05) is 57.2 Å². The van der Waals surface area contributed by atoms with Crippen molar-refractivity contribution in [2.24, 2.45) is 11.0 Å². The Morgan fingerprint density at radius 3 is 2.32 bits per heavy atom. The average Bonchev–Trinajstić information content (AvgIpc) is 2.75. The summed E-state index contributed by atoms with van der Waals surface area (Å²) in [5, 5.41) is 5.71. The van der Waals surface area contributed by atoms with Crippen molar-refractivity contribution in [3.8, 4) is 0 Å².